The minimum Gasteiger partial charge on any atom is -0.345 e. The van der Waals surface area contributed by atoms with Crippen molar-refractivity contribution < 1.29 is 9.59 Å². The summed E-state index contributed by atoms with van der Waals surface area (Å²) in [5.41, 5.74) is 4.90. The van der Waals surface area contributed by atoms with E-state index in [0.717, 1.165) is 12.8 Å². The fourth-order valence-electron chi connectivity index (χ4n) is 2.55. The van der Waals surface area contributed by atoms with Crippen LogP contribution in [0.1, 0.15) is 74.7 Å². The lowest BCUT2D eigenvalue weighted by atomic mass is 9.84. The first-order valence-corrected chi connectivity index (χ1v) is 9.12. The Labute approximate surface area is 148 Å². The Morgan fingerprint density at radius 3 is 1.92 bits per heavy atom. The smallest absolute Gasteiger partial charge is 0.237 e. The van der Waals surface area contributed by atoms with E-state index in [1.165, 1.54) is 0 Å². The minimum absolute atomic E-state index is 0.0751. The van der Waals surface area contributed by atoms with Crippen LogP contribution in [0, 0.1) is 11.3 Å². The van der Waals surface area contributed by atoms with Gasteiger partial charge in [-0.05, 0) is 52.5 Å². The molecule has 0 saturated heterocycles. The van der Waals surface area contributed by atoms with Crippen LogP contribution in [0.2, 0.25) is 0 Å². The first kappa shape index (κ1) is 23.1. The molecule has 24 heavy (non-hydrogen) atoms. The minimum atomic E-state index is -0.481. The maximum Gasteiger partial charge on any atom is 0.237 e. The summed E-state index contributed by atoms with van der Waals surface area (Å²) < 4.78 is 0. The van der Waals surface area contributed by atoms with Crippen LogP contribution in [0.25, 0.3) is 0 Å². The molecule has 0 heterocycles. The standard InChI is InChI=1S/C19H39N3O2/c1-13(2)15(22-19(6,7)8)17(24)21-14(11-9-10-12-20)16(23)18(3,4)5/h13-15,22H,9-12,20H2,1-8H3,(H,21,24)/t14-,15-/m0/s1. The molecule has 5 nitrogen and oxygen atoms in total. The second-order valence-corrected chi connectivity index (χ2v) is 9.08. The molecular weight excluding hydrogens is 302 g/mol. The number of carbonyl (C=O) groups excluding carboxylic acids is 2. The van der Waals surface area contributed by atoms with E-state index in [0.29, 0.717) is 13.0 Å². The number of amides is 1. The lowest BCUT2D eigenvalue weighted by Crippen LogP contribution is -2.57. The Kier molecular flexibility index (Phi) is 9.15. The van der Waals surface area contributed by atoms with E-state index in [1.807, 2.05) is 55.4 Å². The molecule has 0 aliphatic heterocycles. The van der Waals surface area contributed by atoms with Crippen LogP contribution in [-0.4, -0.2) is 35.9 Å². The average molecular weight is 342 g/mol. The van der Waals surface area contributed by atoms with E-state index in [1.54, 1.807) is 0 Å². The Balaban J connectivity index is 5.14. The number of carbonyl (C=O) groups is 2. The summed E-state index contributed by atoms with van der Waals surface area (Å²) in [6, 6.07) is -0.776. The van der Waals surface area contributed by atoms with Gasteiger partial charge in [-0.3, -0.25) is 9.59 Å². The third-order valence-corrected chi connectivity index (χ3v) is 3.86. The summed E-state index contributed by atoms with van der Waals surface area (Å²) in [5.74, 6) is 0.111. The molecule has 0 aliphatic carbocycles. The van der Waals surface area contributed by atoms with Crippen molar-refractivity contribution in [3.8, 4) is 0 Å². The van der Waals surface area contributed by atoms with Crippen molar-refractivity contribution in [3.05, 3.63) is 0 Å². The summed E-state index contributed by atoms with van der Waals surface area (Å²) >= 11 is 0. The molecule has 0 unspecified atom stereocenters. The van der Waals surface area contributed by atoms with Gasteiger partial charge in [-0.25, -0.2) is 0 Å². The number of rotatable bonds is 9. The van der Waals surface area contributed by atoms with E-state index in [9.17, 15) is 9.59 Å². The van der Waals surface area contributed by atoms with Gasteiger partial charge in [-0.15, -0.1) is 0 Å². The van der Waals surface area contributed by atoms with Crippen molar-refractivity contribution in [1.29, 1.82) is 0 Å². The van der Waals surface area contributed by atoms with Crippen LogP contribution in [0.5, 0.6) is 0 Å². The molecule has 0 spiro atoms. The number of hydrogen-bond donors (Lipinski definition) is 3. The predicted molar refractivity (Wildman–Crippen MR) is 101 cm³/mol. The lowest BCUT2D eigenvalue weighted by molar-refractivity contribution is -0.134. The van der Waals surface area contributed by atoms with Crippen LogP contribution in [0.4, 0.5) is 0 Å². The highest BCUT2D eigenvalue weighted by molar-refractivity contribution is 5.93. The molecule has 2 atom stereocenters. The van der Waals surface area contributed by atoms with Crippen LogP contribution in [0.15, 0.2) is 0 Å². The maximum atomic E-state index is 12.8. The molecule has 0 aromatic heterocycles. The van der Waals surface area contributed by atoms with Gasteiger partial charge in [0, 0.05) is 11.0 Å². The highest BCUT2D eigenvalue weighted by Gasteiger charge is 2.33. The zero-order valence-electron chi connectivity index (χ0n) is 17.0. The molecule has 1 amide bonds. The van der Waals surface area contributed by atoms with E-state index in [2.05, 4.69) is 10.6 Å². The van der Waals surface area contributed by atoms with E-state index in [-0.39, 0.29) is 29.2 Å². The van der Waals surface area contributed by atoms with Crippen molar-refractivity contribution >= 4 is 11.7 Å². The van der Waals surface area contributed by atoms with E-state index in [4.69, 9.17) is 5.73 Å². The zero-order valence-corrected chi connectivity index (χ0v) is 17.0. The van der Waals surface area contributed by atoms with Gasteiger partial charge in [-0.2, -0.15) is 0 Å². The molecular formula is C19H39N3O2. The molecule has 0 radical (unpaired) electrons. The third-order valence-electron chi connectivity index (χ3n) is 3.86. The van der Waals surface area contributed by atoms with Gasteiger partial charge in [0.15, 0.2) is 5.78 Å². The van der Waals surface area contributed by atoms with E-state index >= 15 is 0 Å². The quantitative estimate of drug-likeness (QED) is 0.563. The van der Waals surface area contributed by atoms with Crippen LogP contribution in [0.3, 0.4) is 0 Å². The molecule has 0 aromatic carbocycles. The second kappa shape index (κ2) is 9.52. The molecule has 5 heteroatoms. The molecule has 0 saturated carbocycles. The van der Waals surface area contributed by atoms with Crippen LogP contribution in [-0.2, 0) is 9.59 Å². The van der Waals surface area contributed by atoms with Crippen molar-refractivity contribution in [2.24, 2.45) is 17.1 Å². The van der Waals surface area contributed by atoms with Gasteiger partial charge in [0.1, 0.15) is 0 Å². The Morgan fingerprint density at radius 2 is 1.54 bits per heavy atom. The largest absolute Gasteiger partial charge is 0.345 e. The first-order chi connectivity index (χ1) is 10.8. The van der Waals surface area contributed by atoms with Crippen molar-refractivity contribution in [1.82, 2.24) is 10.6 Å². The highest BCUT2D eigenvalue weighted by Crippen LogP contribution is 2.20. The van der Waals surface area contributed by atoms with E-state index < -0.39 is 11.5 Å². The van der Waals surface area contributed by atoms with Gasteiger partial charge in [-0.1, -0.05) is 34.6 Å². The third kappa shape index (κ3) is 8.78. The summed E-state index contributed by atoms with van der Waals surface area (Å²) in [6.07, 6.45) is 2.33. The molecule has 142 valence electrons. The second-order valence-electron chi connectivity index (χ2n) is 9.08. The number of Topliss-reactive ketones (excluding diaryl/α,β-unsaturated/α-hetero) is 1. The number of nitrogens with one attached hydrogen (secondary N) is 2. The van der Waals surface area contributed by atoms with Gasteiger partial charge >= 0.3 is 0 Å². The van der Waals surface area contributed by atoms with Crippen LogP contribution < -0.4 is 16.4 Å². The van der Waals surface area contributed by atoms with Crippen molar-refractivity contribution in [3.63, 3.8) is 0 Å². The van der Waals surface area contributed by atoms with Crippen LogP contribution >= 0.6 is 0 Å². The predicted octanol–water partition coefficient (Wildman–Crippen LogP) is 2.63. The molecule has 0 rings (SSSR count). The van der Waals surface area contributed by atoms with Gasteiger partial charge in [0.05, 0.1) is 12.1 Å². The highest BCUT2D eigenvalue weighted by atomic mass is 16.2. The summed E-state index contributed by atoms with van der Waals surface area (Å²) in [4.78, 5) is 25.5. The number of ketones is 1. The summed E-state index contributed by atoms with van der Waals surface area (Å²) in [7, 11) is 0. The lowest BCUT2D eigenvalue weighted by Gasteiger charge is -2.32. The first-order valence-electron chi connectivity index (χ1n) is 9.12. The normalized spacial score (nSPS) is 15.2. The Morgan fingerprint density at radius 1 is 1.00 bits per heavy atom. The molecule has 4 N–H and O–H groups in total. The van der Waals surface area contributed by atoms with Gasteiger partial charge < -0.3 is 16.4 Å². The maximum absolute atomic E-state index is 12.8. The van der Waals surface area contributed by atoms with Gasteiger partial charge in [0.25, 0.3) is 0 Å². The van der Waals surface area contributed by atoms with Gasteiger partial charge in [0.2, 0.25) is 5.91 Å². The molecule has 0 fully saturated rings. The number of nitrogens with two attached hydrogens (primary N) is 1. The SMILES string of the molecule is CC(C)[C@H](NC(C)(C)C)C(=O)N[C@@H](CCCCN)C(=O)C(C)(C)C. The summed E-state index contributed by atoms with van der Waals surface area (Å²) in [6.45, 7) is 16.4. The molecule has 0 aliphatic rings. The molecule has 0 aromatic rings. The Hall–Kier alpha value is -0.940. The van der Waals surface area contributed by atoms with Crippen molar-refractivity contribution in [2.75, 3.05) is 6.54 Å². The van der Waals surface area contributed by atoms with Crippen molar-refractivity contribution in [2.45, 2.75) is 92.3 Å². The zero-order chi connectivity index (χ0) is 19.1. The Bertz CT molecular complexity index is 406. The number of hydrogen-bond acceptors (Lipinski definition) is 4. The topological polar surface area (TPSA) is 84.2 Å². The molecule has 0 bridgehead atoms. The fourth-order valence-corrected chi connectivity index (χ4v) is 2.55. The fraction of sp³-hybridized carbons (Fsp3) is 0.895. The number of unbranched alkanes of at least 4 members (excludes halogenated alkanes) is 1. The summed E-state index contributed by atoms with van der Waals surface area (Å²) in [5, 5.41) is 6.36. The monoisotopic (exact) mass is 341 g/mol. The average Bonchev–Trinajstić information content (AvgIpc) is 2.40.